The Labute approximate surface area is 85.9 Å². The Bertz CT molecular complexity index is 307. The number of nitrogens with zero attached hydrogens (tertiary/aromatic N) is 1. The van der Waals surface area contributed by atoms with Gasteiger partial charge in [-0.3, -0.25) is 4.99 Å². The fourth-order valence-electron chi connectivity index (χ4n) is 1.24. The molecule has 84 valence electrons. The predicted molar refractivity (Wildman–Crippen MR) is 59.3 cm³/mol. The van der Waals surface area contributed by atoms with Crippen molar-refractivity contribution in [3.05, 3.63) is 0 Å². The molecule has 2 N–H and O–H groups in total. The lowest BCUT2D eigenvalue weighted by atomic mass is 10.1. The van der Waals surface area contributed by atoms with Crippen molar-refractivity contribution < 1.29 is 8.42 Å². The number of hydrogen-bond acceptors (Lipinski definition) is 3. The van der Waals surface area contributed by atoms with Crippen molar-refractivity contribution in [2.75, 3.05) is 26.1 Å². The molecule has 0 aromatic carbocycles. The maximum Gasteiger partial charge on any atom is 0.191 e. The van der Waals surface area contributed by atoms with Crippen molar-refractivity contribution >= 4 is 15.8 Å². The summed E-state index contributed by atoms with van der Waals surface area (Å²) in [5.41, 5.74) is -0.522. The van der Waals surface area contributed by atoms with E-state index in [-0.39, 0.29) is 5.75 Å². The molecular formula is C8H19N3O2S. The summed E-state index contributed by atoms with van der Waals surface area (Å²) < 4.78 is 22.2. The second kappa shape index (κ2) is 4.63. The van der Waals surface area contributed by atoms with Crippen LogP contribution in [-0.4, -0.2) is 46.0 Å². The van der Waals surface area contributed by atoms with Gasteiger partial charge in [0.2, 0.25) is 0 Å². The molecule has 0 rings (SSSR count). The molecular weight excluding hydrogens is 202 g/mol. The van der Waals surface area contributed by atoms with Gasteiger partial charge in [-0.25, -0.2) is 8.42 Å². The topological polar surface area (TPSA) is 70.6 Å². The highest BCUT2D eigenvalue weighted by molar-refractivity contribution is 7.90. The molecule has 0 fully saturated rings. The van der Waals surface area contributed by atoms with Crippen LogP contribution in [0, 0.1) is 0 Å². The lowest BCUT2D eigenvalue weighted by Gasteiger charge is -2.26. The van der Waals surface area contributed by atoms with Gasteiger partial charge in [0.15, 0.2) is 5.96 Å². The summed E-state index contributed by atoms with van der Waals surface area (Å²) >= 11 is 0. The highest BCUT2D eigenvalue weighted by Gasteiger charge is 2.23. The summed E-state index contributed by atoms with van der Waals surface area (Å²) in [6.45, 7) is 3.63. The molecule has 0 heterocycles. The van der Waals surface area contributed by atoms with Gasteiger partial charge in [-0.05, 0) is 13.8 Å². The van der Waals surface area contributed by atoms with E-state index in [9.17, 15) is 8.42 Å². The Morgan fingerprint density at radius 1 is 1.43 bits per heavy atom. The maximum absolute atomic E-state index is 11.1. The maximum atomic E-state index is 11.1. The quantitative estimate of drug-likeness (QED) is 0.503. The molecule has 0 aromatic heterocycles. The molecule has 0 aliphatic carbocycles. The minimum Gasteiger partial charge on any atom is -0.359 e. The molecule has 0 atom stereocenters. The van der Waals surface area contributed by atoms with Crippen LogP contribution in [-0.2, 0) is 9.84 Å². The van der Waals surface area contributed by atoms with Gasteiger partial charge < -0.3 is 10.6 Å². The zero-order valence-corrected chi connectivity index (χ0v) is 10.2. The summed E-state index contributed by atoms with van der Waals surface area (Å²) in [5, 5.41) is 5.85. The van der Waals surface area contributed by atoms with Gasteiger partial charge >= 0.3 is 0 Å². The summed E-state index contributed by atoms with van der Waals surface area (Å²) in [5.74, 6) is 0.652. The third-order valence-electron chi connectivity index (χ3n) is 1.54. The fourth-order valence-corrected chi connectivity index (χ4v) is 2.63. The van der Waals surface area contributed by atoms with Crippen molar-refractivity contribution in [2.45, 2.75) is 19.4 Å². The number of guanidine groups is 1. The fraction of sp³-hybridized carbons (Fsp3) is 0.875. The minimum atomic E-state index is -2.99. The number of hydrogen-bond donors (Lipinski definition) is 2. The summed E-state index contributed by atoms with van der Waals surface area (Å²) in [6, 6.07) is 0. The lowest BCUT2D eigenvalue weighted by Crippen LogP contribution is -2.51. The smallest absolute Gasteiger partial charge is 0.191 e. The molecule has 0 bridgehead atoms. The van der Waals surface area contributed by atoms with Crippen LogP contribution in [0.2, 0.25) is 0 Å². The summed E-state index contributed by atoms with van der Waals surface area (Å²) in [7, 11) is 0.373. The third kappa shape index (κ3) is 5.80. The Balaban J connectivity index is 4.49. The van der Waals surface area contributed by atoms with E-state index in [1.54, 1.807) is 14.1 Å². The highest BCUT2D eigenvalue weighted by Crippen LogP contribution is 2.05. The van der Waals surface area contributed by atoms with Crippen LogP contribution < -0.4 is 10.6 Å². The van der Waals surface area contributed by atoms with Crippen LogP contribution >= 0.6 is 0 Å². The number of sulfone groups is 1. The van der Waals surface area contributed by atoms with E-state index in [1.165, 1.54) is 6.26 Å². The van der Waals surface area contributed by atoms with Gasteiger partial charge in [0.1, 0.15) is 9.84 Å². The molecule has 0 spiro atoms. The molecule has 0 radical (unpaired) electrons. The van der Waals surface area contributed by atoms with Crippen LogP contribution in [0.15, 0.2) is 4.99 Å². The Morgan fingerprint density at radius 2 is 1.93 bits per heavy atom. The molecule has 0 amide bonds. The van der Waals surface area contributed by atoms with E-state index in [4.69, 9.17) is 0 Å². The van der Waals surface area contributed by atoms with Crippen molar-refractivity contribution in [2.24, 2.45) is 4.99 Å². The van der Waals surface area contributed by atoms with E-state index >= 15 is 0 Å². The number of aliphatic imine (C=N–C) groups is 1. The van der Waals surface area contributed by atoms with Gasteiger partial charge in [0, 0.05) is 25.9 Å². The van der Waals surface area contributed by atoms with Crippen molar-refractivity contribution in [3.63, 3.8) is 0 Å². The largest absolute Gasteiger partial charge is 0.359 e. The van der Waals surface area contributed by atoms with Crippen LogP contribution in [0.5, 0.6) is 0 Å². The lowest BCUT2D eigenvalue weighted by molar-refractivity contribution is 0.495. The highest BCUT2D eigenvalue weighted by atomic mass is 32.2. The second-order valence-electron chi connectivity index (χ2n) is 3.90. The monoisotopic (exact) mass is 221 g/mol. The first-order chi connectivity index (χ1) is 6.20. The first kappa shape index (κ1) is 13.2. The van der Waals surface area contributed by atoms with E-state index in [0.29, 0.717) is 5.96 Å². The molecule has 6 heteroatoms. The SMILES string of the molecule is CN=C(NC)NC(C)(C)CS(C)(=O)=O. The summed E-state index contributed by atoms with van der Waals surface area (Å²) in [6.07, 6.45) is 1.22. The molecule has 0 aromatic rings. The van der Waals surface area contributed by atoms with Gasteiger partial charge in [-0.1, -0.05) is 0 Å². The number of nitrogens with one attached hydrogen (secondary N) is 2. The van der Waals surface area contributed by atoms with Crippen LogP contribution in [0.25, 0.3) is 0 Å². The Hall–Kier alpha value is -0.780. The molecule has 0 saturated carbocycles. The zero-order valence-electron chi connectivity index (χ0n) is 9.38. The average molecular weight is 221 g/mol. The zero-order chi connectivity index (χ0) is 11.4. The first-order valence-corrected chi connectivity index (χ1v) is 6.37. The van der Waals surface area contributed by atoms with Gasteiger partial charge in [-0.15, -0.1) is 0 Å². The minimum absolute atomic E-state index is 0.0701. The van der Waals surface area contributed by atoms with Crippen molar-refractivity contribution in [3.8, 4) is 0 Å². The van der Waals surface area contributed by atoms with Gasteiger partial charge in [-0.2, -0.15) is 0 Å². The van der Waals surface area contributed by atoms with E-state index in [1.807, 2.05) is 13.8 Å². The Kier molecular flexibility index (Phi) is 4.38. The average Bonchev–Trinajstić information content (AvgIpc) is 1.95. The Morgan fingerprint density at radius 3 is 2.21 bits per heavy atom. The molecule has 0 aliphatic heterocycles. The standard InChI is InChI=1S/C8H19N3O2S/c1-8(2,6-14(5,12)13)11-7(9-3)10-4/h6H2,1-5H3,(H2,9,10,11). The normalized spacial score (nSPS) is 13.9. The van der Waals surface area contributed by atoms with Crippen LogP contribution in [0.4, 0.5) is 0 Å². The summed E-state index contributed by atoms with van der Waals surface area (Å²) in [4.78, 5) is 3.92. The first-order valence-electron chi connectivity index (χ1n) is 4.30. The van der Waals surface area contributed by atoms with Gasteiger partial charge in [0.05, 0.1) is 5.75 Å². The van der Waals surface area contributed by atoms with Crippen LogP contribution in [0.1, 0.15) is 13.8 Å². The third-order valence-corrected chi connectivity index (χ3v) is 2.79. The van der Waals surface area contributed by atoms with E-state index in [0.717, 1.165) is 0 Å². The molecule has 14 heavy (non-hydrogen) atoms. The molecule has 0 aliphatic rings. The molecule has 0 saturated heterocycles. The van der Waals surface area contributed by atoms with E-state index in [2.05, 4.69) is 15.6 Å². The molecule has 5 nitrogen and oxygen atoms in total. The van der Waals surface area contributed by atoms with Gasteiger partial charge in [0.25, 0.3) is 0 Å². The van der Waals surface area contributed by atoms with E-state index < -0.39 is 15.4 Å². The van der Waals surface area contributed by atoms with Crippen molar-refractivity contribution in [1.29, 1.82) is 0 Å². The molecule has 0 unspecified atom stereocenters. The van der Waals surface area contributed by atoms with Crippen molar-refractivity contribution in [1.82, 2.24) is 10.6 Å². The predicted octanol–water partition coefficient (Wildman–Crippen LogP) is -0.396. The van der Waals surface area contributed by atoms with Crippen LogP contribution in [0.3, 0.4) is 0 Å². The number of rotatable bonds is 3. The second-order valence-corrected chi connectivity index (χ2v) is 6.04.